The Morgan fingerprint density at radius 3 is 2.62 bits per heavy atom. The highest BCUT2D eigenvalue weighted by Crippen LogP contribution is 2.22. The smallest absolute Gasteiger partial charge is 0.355 e. The molecule has 0 atom stereocenters. The van der Waals surface area contributed by atoms with Crippen LogP contribution >= 0.6 is 22.6 Å². The van der Waals surface area contributed by atoms with E-state index in [0.29, 0.717) is 3.70 Å². The van der Waals surface area contributed by atoms with Crippen molar-refractivity contribution in [2.45, 2.75) is 6.43 Å². The van der Waals surface area contributed by atoms with Gasteiger partial charge in [0.1, 0.15) is 3.70 Å². The van der Waals surface area contributed by atoms with Gasteiger partial charge in [-0.05, 0) is 34.7 Å². The van der Waals surface area contributed by atoms with Crippen molar-refractivity contribution >= 4 is 28.6 Å². The Bertz CT molecular complexity index is 343. The molecule has 0 fully saturated rings. The van der Waals surface area contributed by atoms with Gasteiger partial charge in [0.2, 0.25) is 0 Å². The molecule has 13 heavy (non-hydrogen) atoms. The van der Waals surface area contributed by atoms with Gasteiger partial charge >= 0.3 is 5.97 Å². The van der Waals surface area contributed by atoms with Gasteiger partial charge in [0.25, 0.3) is 6.43 Å². The van der Waals surface area contributed by atoms with Crippen molar-refractivity contribution < 1.29 is 18.7 Å². The molecule has 1 heterocycles. The van der Waals surface area contributed by atoms with Crippen LogP contribution in [0.4, 0.5) is 8.78 Å². The molecular weight excluding hydrogens is 295 g/mol. The lowest BCUT2D eigenvalue weighted by Crippen LogP contribution is -2.07. The summed E-state index contributed by atoms with van der Waals surface area (Å²) in [5.41, 5.74) is -1.13. The molecule has 0 radical (unpaired) electrons. The van der Waals surface area contributed by atoms with Crippen LogP contribution in [0.3, 0.4) is 0 Å². The van der Waals surface area contributed by atoms with E-state index in [2.05, 4.69) is 4.98 Å². The van der Waals surface area contributed by atoms with Gasteiger partial charge in [-0.15, -0.1) is 0 Å². The van der Waals surface area contributed by atoms with Crippen LogP contribution in [0, 0.1) is 3.70 Å². The number of carboxylic acids is 1. The maximum absolute atomic E-state index is 12.2. The first kappa shape index (κ1) is 10.3. The average molecular weight is 299 g/mol. The highest BCUT2D eigenvalue weighted by molar-refractivity contribution is 14.1. The van der Waals surface area contributed by atoms with Crippen molar-refractivity contribution in [1.29, 1.82) is 0 Å². The van der Waals surface area contributed by atoms with Crippen LogP contribution in [0.5, 0.6) is 0 Å². The lowest BCUT2D eigenvalue weighted by atomic mass is 10.2. The molecule has 0 amide bonds. The van der Waals surface area contributed by atoms with E-state index in [1.807, 2.05) is 0 Å². The Labute approximate surface area is 85.9 Å². The van der Waals surface area contributed by atoms with Crippen LogP contribution in [0.2, 0.25) is 0 Å². The van der Waals surface area contributed by atoms with Gasteiger partial charge in [-0.3, -0.25) is 0 Å². The summed E-state index contributed by atoms with van der Waals surface area (Å²) in [6, 6.07) is 2.41. The van der Waals surface area contributed by atoms with Gasteiger partial charge in [-0.25, -0.2) is 18.6 Å². The van der Waals surface area contributed by atoms with Crippen molar-refractivity contribution in [3.63, 3.8) is 0 Å². The Hall–Kier alpha value is -0.790. The fourth-order valence-electron chi connectivity index (χ4n) is 0.793. The number of rotatable bonds is 2. The zero-order chi connectivity index (χ0) is 10.0. The summed E-state index contributed by atoms with van der Waals surface area (Å²) in [5.74, 6) is -1.44. The largest absolute Gasteiger partial charge is 0.476 e. The molecule has 0 unspecified atom stereocenters. The predicted octanol–water partition coefficient (Wildman–Crippen LogP) is 2.32. The molecule has 1 rings (SSSR count). The van der Waals surface area contributed by atoms with Crippen molar-refractivity contribution in [3.8, 4) is 0 Å². The van der Waals surface area contributed by atoms with Crippen LogP contribution in [0.25, 0.3) is 0 Å². The molecule has 0 bridgehead atoms. The standard InChI is InChI=1S/C7H4F2INO2/c8-6(9)3-1-2-4(10)11-5(3)7(12)13/h1-2,6H,(H,12,13). The number of hydrogen-bond acceptors (Lipinski definition) is 2. The molecule has 0 aliphatic rings. The summed E-state index contributed by atoms with van der Waals surface area (Å²) in [7, 11) is 0. The number of aromatic nitrogens is 1. The predicted molar refractivity (Wildman–Crippen MR) is 48.9 cm³/mol. The monoisotopic (exact) mass is 299 g/mol. The lowest BCUT2D eigenvalue weighted by Gasteiger charge is -2.03. The highest BCUT2D eigenvalue weighted by atomic mass is 127. The Balaban J connectivity index is 3.27. The van der Waals surface area contributed by atoms with Crippen LogP contribution in [-0.2, 0) is 0 Å². The van der Waals surface area contributed by atoms with E-state index in [1.54, 1.807) is 22.6 Å². The van der Waals surface area contributed by atoms with Gasteiger partial charge in [0, 0.05) is 0 Å². The van der Waals surface area contributed by atoms with E-state index in [9.17, 15) is 13.6 Å². The van der Waals surface area contributed by atoms with E-state index in [1.165, 1.54) is 6.07 Å². The first-order chi connectivity index (χ1) is 6.02. The third-order valence-corrected chi connectivity index (χ3v) is 1.93. The topological polar surface area (TPSA) is 50.2 Å². The second-order valence-corrected chi connectivity index (χ2v) is 3.28. The molecule has 0 aliphatic carbocycles. The quantitative estimate of drug-likeness (QED) is 0.673. The van der Waals surface area contributed by atoms with E-state index in [-0.39, 0.29) is 0 Å². The van der Waals surface area contributed by atoms with Crippen LogP contribution < -0.4 is 0 Å². The fourth-order valence-corrected chi connectivity index (χ4v) is 1.21. The SMILES string of the molecule is O=C(O)c1nc(I)ccc1C(F)F. The van der Waals surface area contributed by atoms with Gasteiger partial charge in [-0.2, -0.15) is 0 Å². The number of pyridine rings is 1. The summed E-state index contributed by atoms with van der Waals surface area (Å²) in [5, 5.41) is 8.54. The van der Waals surface area contributed by atoms with Crippen molar-refractivity contribution in [1.82, 2.24) is 4.98 Å². The number of hydrogen-bond donors (Lipinski definition) is 1. The summed E-state index contributed by atoms with van der Waals surface area (Å²) >= 11 is 1.76. The molecule has 0 aliphatic heterocycles. The van der Waals surface area contributed by atoms with Gasteiger partial charge < -0.3 is 5.11 Å². The lowest BCUT2D eigenvalue weighted by molar-refractivity contribution is 0.0677. The molecule has 0 spiro atoms. The van der Waals surface area contributed by atoms with Gasteiger partial charge in [0.05, 0.1) is 5.56 Å². The molecular formula is C7H4F2INO2. The Morgan fingerprint density at radius 1 is 1.54 bits per heavy atom. The highest BCUT2D eigenvalue weighted by Gasteiger charge is 2.19. The van der Waals surface area contributed by atoms with Crippen molar-refractivity contribution in [2.75, 3.05) is 0 Å². The third kappa shape index (κ3) is 2.33. The first-order valence-corrected chi connectivity index (χ1v) is 4.28. The molecule has 0 saturated carbocycles. The van der Waals surface area contributed by atoms with E-state index >= 15 is 0 Å². The Morgan fingerprint density at radius 2 is 2.15 bits per heavy atom. The fraction of sp³-hybridized carbons (Fsp3) is 0.143. The number of carboxylic acid groups (broad SMARTS) is 1. The van der Waals surface area contributed by atoms with Crippen molar-refractivity contribution in [2.24, 2.45) is 0 Å². The van der Waals surface area contributed by atoms with E-state index in [0.717, 1.165) is 6.07 Å². The van der Waals surface area contributed by atoms with Crippen molar-refractivity contribution in [3.05, 3.63) is 27.1 Å². The average Bonchev–Trinajstić information content (AvgIpc) is 2.03. The summed E-state index contributed by atoms with van der Waals surface area (Å²) in [6.07, 6.45) is -2.81. The number of halogens is 3. The number of aromatic carboxylic acids is 1. The number of carbonyl (C=O) groups is 1. The molecule has 1 aromatic heterocycles. The first-order valence-electron chi connectivity index (χ1n) is 3.20. The van der Waals surface area contributed by atoms with Gasteiger partial charge in [-0.1, -0.05) is 0 Å². The third-order valence-electron chi connectivity index (χ3n) is 1.33. The molecule has 1 aromatic rings. The zero-order valence-electron chi connectivity index (χ0n) is 6.17. The van der Waals surface area contributed by atoms with Gasteiger partial charge in [0.15, 0.2) is 5.69 Å². The van der Waals surface area contributed by atoms with Crippen LogP contribution in [-0.4, -0.2) is 16.1 Å². The molecule has 1 N–H and O–H groups in total. The molecule has 70 valence electrons. The number of nitrogens with zero attached hydrogens (tertiary/aromatic N) is 1. The maximum Gasteiger partial charge on any atom is 0.355 e. The summed E-state index contributed by atoms with van der Waals surface area (Å²) < 4.78 is 24.8. The normalized spacial score (nSPS) is 10.5. The maximum atomic E-state index is 12.2. The summed E-state index contributed by atoms with van der Waals surface area (Å²) in [6.45, 7) is 0. The Kier molecular flexibility index (Phi) is 3.12. The molecule has 3 nitrogen and oxygen atoms in total. The van der Waals surface area contributed by atoms with Crippen LogP contribution in [0.1, 0.15) is 22.5 Å². The number of alkyl halides is 2. The second-order valence-electron chi connectivity index (χ2n) is 2.18. The van der Waals surface area contributed by atoms with E-state index < -0.39 is 23.7 Å². The minimum atomic E-state index is -2.81. The minimum absolute atomic E-state index is 0.374. The molecule has 0 saturated heterocycles. The minimum Gasteiger partial charge on any atom is -0.476 e. The summed E-state index contributed by atoms with van der Waals surface area (Å²) in [4.78, 5) is 14.0. The second kappa shape index (κ2) is 3.95. The zero-order valence-corrected chi connectivity index (χ0v) is 8.33. The van der Waals surface area contributed by atoms with Crippen LogP contribution in [0.15, 0.2) is 12.1 Å². The molecule has 0 aromatic carbocycles. The molecule has 6 heteroatoms. The van der Waals surface area contributed by atoms with E-state index in [4.69, 9.17) is 5.11 Å².